The van der Waals surface area contributed by atoms with Crippen LogP contribution in [0.1, 0.15) is 5.56 Å². The van der Waals surface area contributed by atoms with Gasteiger partial charge in [-0.2, -0.15) is 0 Å². The van der Waals surface area contributed by atoms with E-state index in [2.05, 4.69) is 9.71 Å². The topological polar surface area (TPSA) is 79.3 Å². The quantitative estimate of drug-likeness (QED) is 0.867. The van der Waals surface area contributed by atoms with E-state index in [9.17, 15) is 8.42 Å². The van der Waals surface area contributed by atoms with E-state index in [-0.39, 0.29) is 11.5 Å². The van der Waals surface area contributed by atoms with Crippen LogP contribution in [-0.2, 0) is 16.4 Å². The lowest BCUT2D eigenvalue weighted by Gasteiger charge is -2.08. The van der Waals surface area contributed by atoms with E-state index in [0.29, 0.717) is 12.1 Å². The first-order valence-electron chi connectivity index (χ1n) is 5.74. The lowest BCUT2D eigenvalue weighted by atomic mass is 10.1. The highest BCUT2D eigenvalue weighted by Crippen LogP contribution is 2.15. The van der Waals surface area contributed by atoms with Crippen molar-refractivity contribution in [3.63, 3.8) is 0 Å². The zero-order chi connectivity index (χ0) is 13.7. The number of rotatable bonds is 5. The third kappa shape index (κ3) is 3.52. The zero-order valence-electron chi connectivity index (χ0n) is 10.2. The van der Waals surface area contributed by atoms with Gasteiger partial charge in [-0.1, -0.05) is 12.1 Å². The van der Waals surface area contributed by atoms with E-state index in [0.717, 1.165) is 5.56 Å². The lowest BCUT2D eigenvalue weighted by Crippen LogP contribution is -2.13. The lowest BCUT2D eigenvalue weighted by molar-refractivity contribution is 0.299. The Morgan fingerprint density at radius 3 is 2.47 bits per heavy atom. The number of aliphatic hydroxyl groups is 1. The SMILES string of the molecule is O=S(=O)(Nc1ccc(CCO)cc1)c1cccnc1. The molecule has 0 amide bonds. The minimum Gasteiger partial charge on any atom is -0.396 e. The molecule has 0 fully saturated rings. The van der Waals surface area contributed by atoms with E-state index in [1.165, 1.54) is 18.5 Å². The van der Waals surface area contributed by atoms with Crippen molar-refractivity contribution in [3.05, 3.63) is 54.4 Å². The van der Waals surface area contributed by atoms with Crippen LogP contribution in [0.4, 0.5) is 5.69 Å². The molecule has 0 atom stereocenters. The third-order valence-electron chi connectivity index (χ3n) is 2.55. The number of aliphatic hydroxyl groups excluding tert-OH is 1. The molecule has 0 saturated heterocycles. The van der Waals surface area contributed by atoms with Crippen LogP contribution in [0.5, 0.6) is 0 Å². The molecule has 0 radical (unpaired) electrons. The van der Waals surface area contributed by atoms with Crippen LogP contribution in [0.15, 0.2) is 53.7 Å². The molecule has 1 heterocycles. The summed E-state index contributed by atoms with van der Waals surface area (Å²) in [5.74, 6) is 0. The van der Waals surface area contributed by atoms with Crippen LogP contribution in [0, 0.1) is 0 Å². The smallest absolute Gasteiger partial charge is 0.263 e. The molecule has 5 nitrogen and oxygen atoms in total. The van der Waals surface area contributed by atoms with Gasteiger partial charge in [-0.25, -0.2) is 8.42 Å². The Balaban J connectivity index is 2.17. The molecule has 6 heteroatoms. The van der Waals surface area contributed by atoms with Gasteiger partial charge in [0.25, 0.3) is 10.0 Å². The Morgan fingerprint density at radius 2 is 1.89 bits per heavy atom. The Labute approximate surface area is 112 Å². The normalized spacial score (nSPS) is 11.2. The molecule has 100 valence electrons. The molecule has 19 heavy (non-hydrogen) atoms. The fraction of sp³-hybridized carbons (Fsp3) is 0.154. The first-order valence-corrected chi connectivity index (χ1v) is 7.23. The monoisotopic (exact) mass is 278 g/mol. The molecule has 0 aliphatic carbocycles. The summed E-state index contributed by atoms with van der Waals surface area (Å²) < 4.78 is 26.5. The van der Waals surface area contributed by atoms with Crippen molar-refractivity contribution in [2.24, 2.45) is 0 Å². The molecule has 0 spiro atoms. The van der Waals surface area contributed by atoms with Gasteiger partial charge >= 0.3 is 0 Å². The van der Waals surface area contributed by atoms with Gasteiger partial charge in [0.05, 0.1) is 0 Å². The molecule has 2 N–H and O–H groups in total. The molecule has 0 unspecified atom stereocenters. The van der Waals surface area contributed by atoms with Crippen molar-refractivity contribution >= 4 is 15.7 Å². The Hall–Kier alpha value is -1.92. The van der Waals surface area contributed by atoms with Crippen LogP contribution >= 0.6 is 0 Å². The van der Waals surface area contributed by atoms with Gasteiger partial charge in [-0.3, -0.25) is 9.71 Å². The van der Waals surface area contributed by atoms with E-state index in [1.807, 2.05) is 0 Å². The van der Waals surface area contributed by atoms with Crippen LogP contribution in [0.25, 0.3) is 0 Å². The molecule has 1 aromatic heterocycles. The molecule has 0 aliphatic rings. The number of sulfonamides is 1. The highest BCUT2D eigenvalue weighted by molar-refractivity contribution is 7.92. The van der Waals surface area contributed by atoms with Gasteiger partial charge < -0.3 is 5.11 Å². The van der Waals surface area contributed by atoms with Gasteiger partial charge in [0.1, 0.15) is 4.90 Å². The highest BCUT2D eigenvalue weighted by Gasteiger charge is 2.13. The standard InChI is InChI=1S/C13H14N2O3S/c16-9-7-11-3-5-12(6-4-11)15-19(17,18)13-2-1-8-14-10-13/h1-6,8,10,15-16H,7,9H2. The van der Waals surface area contributed by atoms with Crippen molar-refractivity contribution in [2.75, 3.05) is 11.3 Å². The van der Waals surface area contributed by atoms with Gasteiger partial charge in [-0.05, 0) is 36.2 Å². The minimum absolute atomic E-state index is 0.0702. The van der Waals surface area contributed by atoms with Gasteiger partial charge in [0, 0.05) is 24.7 Å². The summed E-state index contributed by atoms with van der Waals surface area (Å²) in [5, 5.41) is 8.81. The number of nitrogens with one attached hydrogen (secondary N) is 1. The van der Waals surface area contributed by atoms with Crippen LogP contribution in [0.3, 0.4) is 0 Å². The van der Waals surface area contributed by atoms with E-state index in [1.54, 1.807) is 30.3 Å². The fourth-order valence-corrected chi connectivity index (χ4v) is 2.61. The second-order valence-electron chi connectivity index (χ2n) is 3.96. The summed E-state index contributed by atoms with van der Waals surface area (Å²) in [5.41, 5.74) is 1.43. The molecule has 0 saturated carbocycles. The maximum Gasteiger partial charge on any atom is 0.263 e. The van der Waals surface area contributed by atoms with Crippen LogP contribution in [-0.4, -0.2) is 25.1 Å². The van der Waals surface area contributed by atoms with Crippen molar-refractivity contribution in [3.8, 4) is 0 Å². The van der Waals surface area contributed by atoms with Gasteiger partial charge in [-0.15, -0.1) is 0 Å². The average molecular weight is 278 g/mol. The van der Waals surface area contributed by atoms with Gasteiger partial charge in [0.15, 0.2) is 0 Å². The number of nitrogens with zero attached hydrogens (tertiary/aromatic N) is 1. The summed E-state index contributed by atoms with van der Waals surface area (Å²) in [6.45, 7) is 0.0702. The molecule has 0 bridgehead atoms. The van der Waals surface area contributed by atoms with Crippen LogP contribution < -0.4 is 4.72 Å². The number of benzene rings is 1. The number of aromatic nitrogens is 1. The first kappa shape index (κ1) is 13.5. The summed E-state index contributed by atoms with van der Waals surface area (Å²) in [6, 6.07) is 9.93. The molecule has 1 aromatic carbocycles. The number of pyridine rings is 1. The number of anilines is 1. The van der Waals surface area contributed by atoms with E-state index < -0.39 is 10.0 Å². The molecular formula is C13H14N2O3S. The fourth-order valence-electron chi connectivity index (χ4n) is 1.59. The van der Waals surface area contributed by atoms with Crippen molar-refractivity contribution in [1.29, 1.82) is 0 Å². The van der Waals surface area contributed by atoms with Gasteiger partial charge in [0.2, 0.25) is 0 Å². The second kappa shape index (κ2) is 5.81. The molecule has 2 rings (SSSR count). The maximum atomic E-state index is 12.0. The molecular weight excluding hydrogens is 264 g/mol. The molecule has 2 aromatic rings. The maximum absolute atomic E-state index is 12.0. The summed E-state index contributed by atoms with van der Waals surface area (Å²) in [6.07, 6.45) is 3.36. The van der Waals surface area contributed by atoms with E-state index >= 15 is 0 Å². The summed E-state index contributed by atoms with van der Waals surface area (Å²) in [7, 11) is -3.60. The predicted octanol–water partition coefficient (Wildman–Crippen LogP) is 1.42. The van der Waals surface area contributed by atoms with E-state index in [4.69, 9.17) is 5.11 Å². The van der Waals surface area contributed by atoms with Crippen LogP contribution in [0.2, 0.25) is 0 Å². The number of hydrogen-bond acceptors (Lipinski definition) is 4. The minimum atomic E-state index is -3.60. The highest BCUT2D eigenvalue weighted by atomic mass is 32.2. The van der Waals surface area contributed by atoms with Crippen molar-refractivity contribution < 1.29 is 13.5 Å². The third-order valence-corrected chi connectivity index (χ3v) is 3.92. The Kier molecular flexibility index (Phi) is 4.13. The Bertz CT molecular complexity index is 625. The van der Waals surface area contributed by atoms with Crippen molar-refractivity contribution in [1.82, 2.24) is 4.98 Å². The second-order valence-corrected chi connectivity index (χ2v) is 5.65. The van der Waals surface area contributed by atoms with Crippen molar-refractivity contribution in [2.45, 2.75) is 11.3 Å². The summed E-state index contributed by atoms with van der Waals surface area (Å²) in [4.78, 5) is 3.90. The summed E-state index contributed by atoms with van der Waals surface area (Å²) >= 11 is 0. The predicted molar refractivity (Wildman–Crippen MR) is 72.3 cm³/mol. The Morgan fingerprint density at radius 1 is 1.16 bits per heavy atom. The first-order chi connectivity index (χ1) is 9.12. The zero-order valence-corrected chi connectivity index (χ0v) is 11.0. The largest absolute Gasteiger partial charge is 0.396 e. The average Bonchev–Trinajstić information content (AvgIpc) is 2.42. The molecule has 0 aliphatic heterocycles. The number of hydrogen-bond donors (Lipinski definition) is 2.